The highest BCUT2D eigenvalue weighted by Crippen LogP contribution is 2.27. The molecule has 0 radical (unpaired) electrons. The molecule has 1 aromatic rings. The van der Waals surface area contributed by atoms with Crippen molar-refractivity contribution in [2.24, 2.45) is 5.92 Å². The van der Waals surface area contributed by atoms with Gasteiger partial charge in [-0.15, -0.1) is 0 Å². The van der Waals surface area contributed by atoms with Crippen LogP contribution >= 0.6 is 0 Å². The third-order valence-corrected chi connectivity index (χ3v) is 3.70. The Kier molecular flexibility index (Phi) is 5.13. The van der Waals surface area contributed by atoms with Gasteiger partial charge in [0, 0.05) is 11.5 Å². The second-order valence-electron chi connectivity index (χ2n) is 5.65. The largest absolute Gasteiger partial charge is 0.365 e. The molecule has 3 nitrogen and oxygen atoms in total. The Balaban J connectivity index is 1.95. The van der Waals surface area contributed by atoms with E-state index in [9.17, 15) is 4.39 Å². The van der Waals surface area contributed by atoms with Gasteiger partial charge in [-0.25, -0.2) is 4.39 Å². The van der Waals surface area contributed by atoms with Crippen molar-refractivity contribution in [1.82, 2.24) is 0 Å². The molecule has 112 valence electrons. The van der Waals surface area contributed by atoms with Gasteiger partial charge >= 0.3 is 0 Å². The summed E-state index contributed by atoms with van der Waals surface area (Å²) < 4.78 is 31.0. The molecule has 4 heteroatoms. The second kappa shape index (κ2) is 6.66. The van der Waals surface area contributed by atoms with Crippen LogP contribution in [0, 0.1) is 11.7 Å². The number of benzene rings is 1. The first kappa shape index (κ1) is 15.4. The molecule has 20 heavy (non-hydrogen) atoms. The number of ether oxygens (including phenoxy) is 3. The van der Waals surface area contributed by atoms with Crippen LogP contribution in [0.2, 0.25) is 0 Å². The van der Waals surface area contributed by atoms with Crippen molar-refractivity contribution in [1.29, 1.82) is 0 Å². The Morgan fingerprint density at radius 2 is 1.95 bits per heavy atom. The standard InChI is InChI=1S/C16H23FO3/c1-4-16(10-18-15(12(2)3)19-11-16)20-9-13-7-5-6-8-14(13)17/h5-8,12,15H,4,9-11H2,1-3H3. The minimum absolute atomic E-state index is 0.174. The molecule has 0 bridgehead atoms. The van der Waals surface area contributed by atoms with E-state index in [-0.39, 0.29) is 18.7 Å². The predicted octanol–water partition coefficient (Wildman–Crippen LogP) is 3.52. The van der Waals surface area contributed by atoms with E-state index >= 15 is 0 Å². The molecular formula is C16H23FO3. The molecule has 0 aliphatic carbocycles. The van der Waals surface area contributed by atoms with Crippen LogP contribution in [0.15, 0.2) is 24.3 Å². The van der Waals surface area contributed by atoms with E-state index in [4.69, 9.17) is 14.2 Å². The number of hydrogen-bond donors (Lipinski definition) is 0. The second-order valence-corrected chi connectivity index (χ2v) is 5.65. The first-order chi connectivity index (χ1) is 9.56. The summed E-state index contributed by atoms with van der Waals surface area (Å²) >= 11 is 0. The lowest BCUT2D eigenvalue weighted by molar-refractivity contribution is -0.281. The average molecular weight is 282 g/mol. The summed E-state index contributed by atoms with van der Waals surface area (Å²) in [6, 6.07) is 6.66. The molecule has 0 atom stereocenters. The topological polar surface area (TPSA) is 27.7 Å². The van der Waals surface area contributed by atoms with Crippen molar-refractivity contribution >= 4 is 0 Å². The van der Waals surface area contributed by atoms with Crippen molar-refractivity contribution in [2.45, 2.75) is 45.7 Å². The molecule has 0 unspecified atom stereocenters. The molecule has 1 saturated heterocycles. The first-order valence-electron chi connectivity index (χ1n) is 7.17. The smallest absolute Gasteiger partial charge is 0.160 e. The van der Waals surface area contributed by atoms with E-state index in [0.29, 0.717) is 24.7 Å². The monoisotopic (exact) mass is 282 g/mol. The van der Waals surface area contributed by atoms with Crippen LogP contribution in [0.4, 0.5) is 4.39 Å². The van der Waals surface area contributed by atoms with E-state index in [1.54, 1.807) is 12.1 Å². The maximum absolute atomic E-state index is 13.6. The van der Waals surface area contributed by atoms with Crippen LogP contribution in [-0.2, 0) is 20.8 Å². The fourth-order valence-electron chi connectivity index (χ4n) is 2.18. The molecule has 0 amide bonds. The van der Waals surface area contributed by atoms with Crippen LogP contribution in [0.1, 0.15) is 32.8 Å². The minimum atomic E-state index is -0.479. The van der Waals surface area contributed by atoms with Gasteiger partial charge < -0.3 is 14.2 Å². The maximum Gasteiger partial charge on any atom is 0.160 e. The van der Waals surface area contributed by atoms with E-state index in [1.807, 2.05) is 13.0 Å². The van der Waals surface area contributed by atoms with E-state index in [0.717, 1.165) is 6.42 Å². The Hall–Kier alpha value is -0.970. The Bertz CT molecular complexity index is 425. The molecule has 1 aliphatic rings. The van der Waals surface area contributed by atoms with Gasteiger partial charge in [0.1, 0.15) is 11.4 Å². The molecule has 0 spiro atoms. The molecule has 1 aromatic carbocycles. The first-order valence-corrected chi connectivity index (χ1v) is 7.17. The van der Waals surface area contributed by atoms with Crippen LogP contribution in [0.3, 0.4) is 0 Å². The van der Waals surface area contributed by atoms with Gasteiger partial charge in [0.25, 0.3) is 0 Å². The van der Waals surface area contributed by atoms with Gasteiger partial charge in [-0.2, -0.15) is 0 Å². The Labute approximate surface area is 120 Å². The van der Waals surface area contributed by atoms with Crippen molar-refractivity contribution in [3.8, 4) is 0 Å². The van der Waals surface area contributed by atoms with Crippen molar-refractivity contribution in [3.63, 3.8) is 0 Å². The normalized spacial score (nSPS) is 26.9. The summed E-state index contributed by atoms with van der Waals surface area (Å²) in [6.45, 7) is 7.36. The SMILES string of the molecule is CCC1(OCc2ccccc2F)COC(C(C)C)OC1. The van der Waals surface area contributed by atoms with Gasteiger partial charge in [0.05, 0.1) is 19.8 Å². The quantitative estimate of drug-likeness (QED) is 0.827. The Morgan fingerprint density at radius 1 is 1.30 bits per heavy atom. The highest BCUT2D eigenvalue weighted by atomic mass is 19.1. The zero-order valence-electron chi connectivity index (χ0n) is 12.4. The molecule has 0 aromatic heterocycles. The van der Waals surface area contributed by atoms with Crippen LogP contribution in [0.25, 0.3) is 0 Å². The number of rotatable bonds is 5. The van der Waals surface area contributed by atoms with Crippen LogP contribution < -0.4 is 0 Å². The zero-order chi connectivity index (χ0) is 14.6. The van der Waals surface area contributed by atoms with E-state index in [1.165, 1.54) is 6.07 Å². The van der Waals surface area contributed by atoms with Gasteiger partial charge in [0.2, 0.25) is 0 Å². The summed E-state index contributed by atoms with van der Waals surface area (Å²) in [6.07, 6.45) is 0.596. The number of halogens is 1. The molecule has 1 fully saturated rings. The number of hydrogen-bond acceptors (Lipinski definition) is 3. The van der Waals surface area contributed by atoms with E-state index in [2.05, 4.69) is 13.8 Å². The molecule has 1 aliphatic heterocycles. The summed E-state index contributed by atoms with van der Waals surface area (Å²) in [5.74, 6) is 0.0767. The van der Waals surface area contributed by atoms with Gasteiger partial charge in [-0.1, -0.05) is 39.0 Å². The zero-order valence-corrected chi connectivity index (χ0v) is 12.4. The summed E-state index contributed by atoms with van der Waals surface area (Å²) in [7, 11) is 0. The molecule has 1 heterocycles. The predicted molar refractivity (Wildman–Crippen MR) is 74.7 cm³/mol. The average Bonchev–Trinajstić information content (AvgIpc) is 2.47. The van der Waals surface area contributed by atoms with Gasteiger partial charge in [0.15, 0.2) is 6.29 Å². The van der Waals surface area contributed by atoms with Crippen molar-refractivity contribution in [3.05, 3.63) is 35.6 Å². The van der Waals surface area contributed by atoms with E-state index < -0.39 is 5.60 Å². The van der Waals surface area contributed by atoms with Crippen molar-refractivity contribution in [2.75, 3.05) is 13.2 Å². The van der Waals surface area contributed by atoms with Gasteiger partial charge in [-0.05, 0) is 12.5 Å². The van der Waals surface area contributed by atoms with Crippen LogP contribution in [-0.4, -0.2) is 25.1 Å². The molecule has 2 rings (SSSR count). The lowest BCUT2D eigenvalue weighted by atomic mass is 10.0. The lowest BCUT2D eigenvalue weighted by Gasteiger charge is -2.40. The highest BCUT2D eigenvalue weighted by molar-refractivity contribution is 5.16. The summed E-state index contributed by atoms with van der Waals surface area (Å²) in [4.78, 5) is 0. The lowest BCUT2D eigenvalue weighted by Crippen LogP contribution is -2.50. The van der Waals surface area contributed by atoms with Crippen LogP contribution in [0.5, 0.6) is 0 Å². The summed E-state index contributed by atoms with van der Waals surface area (Å²) in [5.41, 5.74) is 0.0829. The molecular weight excluding hydrogens is 259 g/mol. The van der Waals surface area contributed by atoms with Gasteiger partial charge in [-0.3, -0.25) is 0 Å². The molecule has 0 N–H and O–H groups in total. The van der Waals surface area contributed by atoms with Crippen molar-refractivity contribution < 1.29 is 18.6 Å². The summed E-state index contributed by atoms with van der Waals surface area (Å²) in [5, 5.41) is 0. The maximum atomic E-state index is 13.6. The third kappa shape index (κ3) is 3.57. The Morgan fingerprint density at radius 3 is 2.50 bits per heavy atom. The fourth-order valence-corrected chi connectivity index (χ4v) is 2.18. The minimum Gasteiger partial charge on any atom is -0.365 e. The third-order valence-electron chi connectivity index (χ3n) is 3.70. The molecule has 0 saturated carbocycles. The fraction of sp³-hybridized carbons (Fsp3) is 0.625. The highest BCUT2D eigenvalue weighted by Gasteiger charge is 2.37.